The van der Waals surface area contributed by atoms with Gasteiger partial charge in [-0.1, -0.05) is 17.7 Å². The normalized spacial score (nSPS) is 19.3. The highest BCUT2D eigenvalue weighted by Gasteiger charge is 2.55. The van der Waals surface area contributed by atoms with Crippen molar-refractivity contribution < 1.29 is 33.6 Å². The van der Waals surface area contributed by atoms with E-state index in [4.69, 9.17) is 0 Å². The summed E-state index contributed by atoms with van der Waals surface area (Å²) in [6.45, 7) is 2.66. The Balaban J connectivity index is 3.45. The average Bonchev–Trinajstić information content (AvgIpc) is 2.44. The number of sulfone groups is 1. The SMILES string of the molecule is Cc1ccc(S(=O)(=O)[C@](O)([C@H](C)O)[C@@H](O)[C@@H](O)C=O)cc1. The Morgan fingerprint density at radius 3 is 2.00 bits per heavy atom. The fourth-order valence-electron chi connectivity index (χ4n) is 1.86. The molecule has 0 aliphatic rings. The predicted octanol–water partition coefficient (Wildman–Crippen LogP) is -1.24. The van der Waals surface area contributed by atoms with Crippen LogP contribution in [0.3, 0.4) is 0 Å². The number of hydrogen-bond donors (Lipinski definition) is 4. The lowest BCUT2D eigenvalue weighted by Gasteiger charge is -2.35. The fraction of sp³-hybridized carbons (Fsp3) is 0.462. The summed E-state index contributed by atoms with van der Waals surface area (Å²) in [4.78, 5) is 7.05. The minimum Gasteiger partial charge on any atom is -0.389 e. The Labute approximate surface area is 122 Å². The van der Waals surface area contributed by atoms with E-state index in [-0.39, 0.29) is 11.2 Å². The fourth-order valence-corrected chi connectivity index (χ4v) is 3.63. The van der Waals surface area contributed by atoms with E-state index in [1.807, 2.05) is 0 Å². The first-order valence-corrected chi connectivity index (χ1v) is 7.60. The number of carbonyl (C=O) groups is 1. The summed E-state index contributed by atoms with van der Waals surface area (Å²) in [5.74, 6) is 0. The van der Waals surface area contributed by atoms with Gasteiger partial charge in [0, 0.05) is 0 Å². The van der Waals surface area contributed by atoms with Crippen molar-refractivity contribution in [2.24, 2.45) is 0 Å². The largest absolute Gasteiger partial charge is 0.389 e. The molecule has 0 spiro atoms. The molecule has 0 amide bonds. The van der Waals surface area contributed by atoms with Gasteiger partial charge in [0.1, 0.15) is 12.2 Å². The van der Waals surface area contributed by atoms with Gasteiger partial charge in [0.2, 0.25) is 14.8 Å². The van der Waals surface area contributed by atoms with Crippen molar-refractivity contribution in [1.82, 2.24) is 0 Å². The van der Waals surface area contributed by atoms with Crippen LogP contribution in [0.2, 0.25) is 0 Å². The summed E-state index contributed by atoms with van der Waals surface area (Å²) in [6.07, 6.45) is -6.64. The zero-order valence-corrected chi connectivity index (χ0v) is 12.4. The highest BCUT2D eigenvalue weighted by molar-refractivity contribution is 7.92. The van der Waals surface area contributed by atoms with Gasteiger partial charge in [-0.3, -0.25) is 0 Å². The lowest BCUT2D eigenvalue weighted by atomic mass is 10.0. The van der Waals surface area contributed by atoms with Gasteiger partial charge < -0.3 is 25.2 Å². The Morgan fingerprint density at radius 1 is 1.14 bits per heavy atom. The van der Waals surface area contributed by atoms with Crippen molar-refractivity contribution in [2.45, 2.75) is 42.0 Å². The van der Waals surface area contributed by atoms with E-state index in [1.165, 1.54) is 24.3 Å². The van der Waals surface area contributed by atoms with Crippen LogP contribution in [0.15, 0.2) is 29.2 Å². The van der Waals surface area contributed by atoms with Crippen LogP contribution in [0, 0.1) is 6.92 Å². The third-order valence-electron chi connectivity index (χ3n) is 3.25. The monoisotopic (exact) mass is 318 g/mol. The molecule has 0 aromatic heterocycles. The van der Waals surface area contributed by atoms with Crippen LogP contribution < -0.4 is 0 Å². The molecule has 1 aromatic carbocycles. The van der Waals surface area contributed by atoms with E-state index in [0.29, 0.717) is 0 Å². The van der Waals surface area contributed by atoms with E-state index in [0.717, 1.165) is 12.5 Å². The van der Waals surface area contributed by atoms with Crippen LogP contribution in [-0.2, 0) is 14.6 Å². The van der Waals surface area contributed by atoms with Crippen molar-refractivity contribution in [3.05, 3.63) is 29.8 Å². The van der Waals surface area contributed by atoms with E-state index in [9.17, 15) is 33.6 Å². The molecule has 0 radical (unpaired) electrons. The Bertz CT molecular complexity index is 593. The molecule has 118 valence electrons. The van der Waals surface area contributed by atoms with Gasteiger partial charge in [-0.05, 0) is 26.0 Å². The summed E-state index contributed by atoms with van der Waals surface area (Å²) in [7, 11) is -4.63. The highest BCUT2D eigenvalue weighted by Crippen LogP contribution is 2.31. The molecule has 7 nitrogen and oxygen atoms in total. The lowest BCUT2D eigenvalue weighted by Crippen LogP contribution is -2.61. The Morgan fingerprint density at radius 2 is 1.62 bits per heavy atom. The molecule has 21 heavy (non-hydrogen) atoms. The second-order valence-corrected chi connectivity index (χ2v) is 6.95. The predicted molar refractivity (Wildman–Crippen MR) is 73.1 cm³/mol. The summed E-state index contributed by atoms with van der Waals surface area (Å²) in [6, 6.07) is 5.33. The van der Waals surface area contributed by atoms with Crippen LogP contribution in [0.1, 0.15) is 12.5 Å². The molecule has 0 bridgehead atoms. The van der Waals surface area contributed by atoms with Gasteiger partial charge in [-0.2, -0.15) is 0 Å². The van der Waals surface area contributed by atoms with Gasteiger partial charge in [0.15, 0.2) is 6.29 Å². The van der Waals surface area contributed by atoms with Crippen LogP contribution in [0.4, 0.5) is 0 Å². The summed E-state index contributed by atoms with van der Waals surface area (Å²) in [5.41, 5.74) is 0.767. The Kier molecular flexibility index (Phi) is 5.24. The van der Waals surface area contributed by atoms with Crippen molar-refractivity contribution in [3.63, 3.8) is 0 Å². The van der Waals surface area contributed by atoms with Gasteiger partial charge in [-0.15, -0.1) is 0 Å². The van der Waals surface area contributed by atoms with Crippen molar-refractivity contribution in [3.8, 4) is 0 Å². The molecular formula is C13H18O7S. The molecule has 1 aromatic rings. The van der Waals surface area contributed by atoms with Crippen molar-refractivity contribution in [2.75, 3.05) is 0 Å². The third-order valence-corrected chi connectivity index (χ3v) is 5.58. The maximum absolute atomic E-state index is 12.5. The summed E-state index contributed by atoms with van der Waals surface area (Å²) < 4.78 is 24.9. The maximum Gasteiger partial charge on any atom is 0.225 e. The van der Waals surface area contributed by atoms with Gasteiger partial charge in [-0.25, -0.2) is 8.42 Å². The first-order valence-electron chi connectivity index (χ1n) is 6.12. The average molecular weight is 318 g/mol. The first-order chi connectivity index (χ1) is 9.58. The number of aldehydes is 1. The lowest BCUT2D eigenvalue weighted by molar-refractivity contribution is -0.141. The Hall–Kier alpha value is -1.32. The molecule has 0 saturated heterocycles. The molecule has 4 N–H and O–H groups in total. The molecule has 0 aliphatic heterocycles. The summed E-state index contributed by atoms with van der Waals surface area (Å²) in [5, 5.41) is 39.0. The molecular weight excluding hydrogens is 300 g/mol. The highest BCUT2D eigenvalue weighted by atomic mass is 32.2. The molecule has 4 atom stereocenters. The van der Waals surface area contributed by atoms with Crippen LogP contribution in [-0.4, -0.2) is 58.4 Å². The van der Waals surface area contributed by atoms with Crippen molar-refractivity contribution in [1.29, 1.82) is 0 Å². The molecule has 0 unspecified atom stereocenters. The number of aryl methyl sites for hydroxylation is 1. The van der Waals surface area contributed by atoms with E-state index in [1.54, 1.807) is 6.92 Å². The topological polar surface area (TPSA) is 132 Å². The van der Waals surface area contributed by atoms with Crippen LogP contribution in [0.5, 0.6) is 0 Å². The second kappa shape index (κ2) is 6.20. The zero-order chi connectivity index (χ0) is 16.4. The number of rotatable bonds is 6. The van der Waals surface area contributed by atoms with E-state index >= 15 is 0 Å². The molecule has 8 heteroatoms. The molecule has 0 saturated carbocycles. The standard InChI is InChI=1S/C13H18O7S/c1-8-3-5-10(6-4-8)21(19,20)13(18,9(2)15)12(17)11(16)7-14/h3-7,9,11-12,15-18H,1-2H3/t9-,11-,12-,13+/m0/s1. The van der Waals surface area contributed by atoms with Crippen LogP contribution in [0.25, 0.3) is 0 Å². The number of aliphatic hydroxyl groups is 4. The van der Waals surface area contributed by atoms with Crippen LogP contribution >= 0.6 is 0 Å². The maximum atomic E-state index is 12.5. The molecule has 0 fully saturated rings. The first kappa shape index (κ1) is 17.7. The molecule has 0 heterocycles. The third kappa shape index (κ3) is 2.99. The van der Waals surface area contributed by atoms with E-state index < -0.39 is 33.1 Å². The number of carbonyl (C=O) groups excluding carboxylic acids is 1. The minimum atomic E-state index is -4.63. The number of hydrogen-bond acceptors (Lipinski definition) is 7. The molecule has 0 aliphatic carbocycles. The number of aliphatic hydroxyl groups excluding tert-OH is 3. The van der Waals surface area contributed by atoms with Gasteiger partial charge in [0.25, 0.3) is 0 Å². The molecule has 1 rings (SSSR count). The quantitative estimate of drug-likeness (QED) is 0.482. The second-order valence-electron chi connectivity index (χ2n) is 4.82. The zero-order valence-electron chi connectivity index (χ0n) is 11.5. The smallest absolute Gasteiger partial charge is 0.225 e. The minimum absolute atomic E-state index is 0.122. The number of benzene rings is 1. The summed E-state index contributed by atoms with van der Waals surface area (Å²) >= 11 is 0. The van der Waals surface area contributed by atoms with Gasteiger partial charge in [0.05, 0.1) is 11.0 Å². The van der Waals surface area contributed by atoms with Crippen molar-refractivity contribution >= 4 is 16.1 Å². The van der Waals surface area contributed by atoms with E-state index in [2.05, 4.69) is 0 Å². The van der Waals surface area contributed by atoms with Gasteiger partial charge >= 0.3 is 0 Å².